The summed E-state index contributed by atoms with van der Waals surface area (Å²) in [5.74, 6) is 0.476. The van der Waals surface area contributed by atoms with E-state index in [-0.39, 0.29) is 44.4 Å². The van der Waals surface area contributed by atoms with Gasteiger partial charge >= 0.3 is 12.4 Å². The van der Waals surface area contributed by atoms with Gasteiger partial charge in [0.05, 0.1) is 21.7 Å². The van der Waals surface area contributed by atoms with Crippen LogP contribution in [0.2, 0.25) is 0 Å². The van der Waals surface area contributed by atoms with E-state index in [4.69, 9.17) is 0 Å². The molecule has 0 aliphatic carbocycles. The van der Waals surface area contributed by atoms with Crippen LogP contribution in [0, 0.1) is 0 Å². The molecule has 0 bridgehead atoms. The molecule has 0 radical (unpaired) electrons. The van der Waals surface area contributed by atoms with Gasteiger partial charge < -0.3 is 4.90 Å². The lowest BCUT2D eigenvalue weighted by Crippen LogP contribution is -2.49. The summed E-state index contributed by atoms with van der Waals surface area (Å²) in [5.41, 5.74) is -0.650. The Morgan fingerprint density at radius 1 is 0.784 bits per heavy atom. The topological polar surface area (TPSA) is 66.4 Å². The Kier molecular flexibility index (Phi) is 7.21. The number of hydrogen-bond donors (Lipinski definition) is 0. The number of halogens is 6. The van der Waals surface area contributed by atoms with E-state index < -0.39 is 38.4 Å². The molecule has 198 valence electrons. The first-order valence-corrected chi connectivity index (χ1v) is 12.7. The first-order valence-electron chi connectivity index (χ1n) is 11.3. The minimum atomic E-state index is -5.15. The lowest BCUT2D eigenvalue weighted by molar-refractivity contribution is -0.143. The average molecular weight is 545 g/mol. The lowest BCUT2D eigenvalue weighted by Gasteiger charge is -2.34. The summed E-state index contributed by atoms with van der Waals surface area (Å²) in [7, 11) is -4.61. The van der Waals surface area contributed by atoms with Gasteiger partial charge in [-0.15, -0.1) is 10.2 Å². The van der Waals surface area contributed by atoms with Crippen LogP contribution in [0.5, 0.6) is 0 Å². The molecule has 1 fully saturated rings. The number of hydrogen-bond acceptors (Lipinski definition) is 5. The van der Waals surface area contributed by atoms with Crippen LogP contribution in [-0.4, -0.2) is 49.1 Å². The molecule has 4 rings (SSSR count). The van der Waals surface area contributed by atoms with Gasteiger partial charge in [0.1, 0.15) is 0 Å². The SMILES string of the molecule is CCc1ccc(-c2ccc(N3CCN(S(=O)(=O)c4cc(C(F)(F)F)cc(C(F)(F)F)c4)CC3)nn2)cc1. The highest BCUT2D eigenvalue weighted by Crippen LogP contribution is 2.38. The number of anilines is 1. The van der Waals surface area contributed by atoms with Gasteiger partial charge in [-0.25, -0.2) is 8.42 Å². The van der Waals surface area contributed by atoms with Crippen molar-refractivity contribution in [3.05, 3.63) is 71.3 Å². The molecule has 0 saturated carbocycles. The Morgan fingerprint density at radius 3 is 1.81 bits per heavy atom. The summed E-state index contributed by atoms with van der Waals surface area (Å²) in [5, 5.41) is 8.43. The molecule has 1 saturated heterocycles. The Hall–Kier alpha value is -3.19. The number of benzene rings is 2. The molecular weight excluding hydrogens is 522 g/mol. The second-order valence-electron chi connectivity index (χ2n) is 8.46. The van der Waals surface area contributed by atoms with E-state index in [9.17, 15) is 34.8 Å². The van der Waals surface area contributed by atoms with Gasteiger partial charge in [0.2, 0.25) is 10.0 Å². The summed E-state index contributed by atoms with van der Waals surface area (Å²) in [6, 6.07) is 11.7. The van der Waals surface area contributed by atoms with Crippen molar-refractivity contribution < 1.29 is 34.8 Å². The second-order valence-corrected chi connectivity index (χ2v) is 10.4. The van der Waals surface area contributed by atoms with E-state index in [1.165, 1.54) is 5.56 Å². The monoisotopic (exact) mass is 544 g/mol. The van der Waals surface area contributed by atoms with Crippen LogP contribution in [0.1, 0.15) is 23.6 Å². The lowest BCUT2D eigenvalue weighted by atomic mass is 10.1. The third kappa shape index (κ3) is 5.87. The zero-order valence-electron chi connectivity index (χ0n) is 19.5. The van der Waals surface area contributed by atoms with E-state index in [1.807, 2.05) is 31.2 Å². The zero-order chi connectivity index (χ0) is 27.0. The minimum absolute atomic E-state index is 0.0998. The summed E-state index contributed by atoms with van der Waals surface area (Å²) in [4.78, 5) is 0.692. The van der Waals surface area contributed by atoms with Crippen molar-refractivity contribution in [2.24, 2.45) is 0 Å². The highest BCUT2D eigenvalue weighted by molar-refractivity contribution is 7.89. The summed E-state index contributed by atoms with van der Waals surface area (Å²) >= 11 is 0. The second kappa shape index (κ2) is 9.93. The van der Waals surface area contributed by atoms with Gasteiger partial charge in [0.25, 0.3) is 0 Å². The predicted molar refractivity (Wildman–Crippen MR) is 124 cm³/mol. The largest absolute Gasteiger partial charge is 0.416 e. The maximum Gasteiger partial charge on any atom is 0.416 e. The van der Waals surface area contributed by atoms with E-state index in [1.54, 1.807) is 17.0 Å². The molecule has 1 aromatic heterocycles. The number of nitrogens with zero attached hydrogens (tertiary/aromatic N) is 4. The van der Waals surface area contributed by atoms with Crippen molar-refractivity contribution in [2.45, 2.75) is 30.6 Å². The standard InChI is InChI=1S/C24H22F6N4O2S/c1-2-16-3-5-17(6-4-16)21-7-8-22(32-31-21)33-9-11-34(12-10-33)37(35,36)20-14-18(23(25,26)27)13-19(15-20)24(28,29)30/h3-8,13-15H,2,9-12H2,1H3. The molecule has 0 atom stereocenters. The maximum absolute atomic E-state index is 13.2. The third-order valence-electron chi connectivity index (χ3n) is 6.07. The first-order chi connectivity index (χ1) is 17.3. The zero-order valence-corrected chi connectivity index (χ0v) is 20.3. The van der Waals surface area contributed by atoms with Crippen LogP contribution >= 0.6 is 0 Å². The van der Waals surface area contributed by atoms with Crippen LogP contribution in [0.25, 0.3) is 11.3 Å². The Morgan fingerprint density at radius 2 is 1.35 bits per heavy atom. The molecule has 1 aliphatic rings. The van der Waals surface area contributed by atoms with Crippen LogP contribution in [0.4, 0.5) is 32.2 Å². The molecule has 0 unspecified atom stereocenters. The van der Waals surface area contributed by atoms with Gasteiger partial charge in [-0.1, -0.05) is 31.2 Å². The highest BCUT2D eigenvalue weighted by Gasteiger charge is 2.39. The summed E-state index contributed by atoms with van der Waals surface area (Å²) in [6.07, 6.45) is -9.38. The fourth-order valence-electron chi connectivity index (χ4n) is 3.94. The van der Waals surface area contributed by atoms with Gasteiger partial charge in [-0.05, 0) is 42.3 Å². The molecule has 2 aromatic carbocycles. The van der Waals surface area contributed by atoms with Gasteiger partial charge in [-0.2, -0.15) is 30.6 Å². The number of aromatic nitrogens is 2. The Labute approximate surface area is 209 Å². The number of aryl methyl sites for hydroxylation is 1. The van der Waals surface area contributed by atoms with Crippen molar-refractivity contribution in [3.63, 3.8) is 0 Å². The van der Waals surface area contributed by atoms with Crippen molar-refractivity contribution >= 4 is 15.8 Å². The maximum atomic E-state index is 13.2. The number of sulfonamides is 1. The highest BCUT2D eigenvalue weighted by atomic mass is 32.2. The van der Waals surface area contributed by atoms with Crippen LogP contribution < -0.4 is 4.90 Å². The number of rotatable bonds is 5. The van der Waals surface area contributed by atoms with Crippen molar-refractivity contribution in [2.75, 3.05) is 31.1 Å². The molecule has 3 aromatic rings. The molecule has 1 aliphatic heterocycles. The summed E-state index contributed by atoms with van der Waals surface area (Å²) in [6.45, 7) is 2.00. The number of piperazine rings is 1. The van der Waals surface area contributed by atoms with Crippen LogP contribution in [0.3, 0.4) is 0 Å². The van der Waals surface area contributed by atoms with E-state index in [2.05, 4.69) is 10.2 Å². The molecule has 6 nitrogen and oxygen atoms in total. The van der Waals surface area contributed by atoms with Crippen molar-refractivity contribution in [1.29, 1.82) is 0 Å². The first kappa shape index (κ1) is 26.9. The van der Waals surface area contributed by atoms with Gasteiger partial charge in [-0.3, -0.25) is 0 Å². The third-order valence-corrected chi connectivity index (χ3v) is 7.95. The molecular formula is C24H22F6N4O2S. The summed E-state index contributed by atoms with van der Waals surface area (Å²) < 4.78 is 106. The quantitative estimate of drug-likeness (QED) is 0.411. The molecule has 0 spiro atoms. The molecule has 0 amide bonds. The van der Waals surface area contributed by atoms with Crippen LogP contribution in [-0.2, 0) is 28.8 Å². The molecule has 2 heterocycles. The Bertz CT molecular complexity index is 1320. The normalized spacial score (nSPS) is 15.7. The van der Waals surface area contributed by atoms with Gasteiger partial charge in [0.15, 0.2) is 5.82 Å². The predicted octanol–water partition coefficient (Wildman–Crippen LogP) is 5.25. The van der Waals surface area contributed by atoms with E-state index in [0.29, 0.717) is 11.5 Å². The van der Waals surface area contributed by atoms with Gasteiger partial charge in [0, 0.05) is 31.7 Å². The molecule has 0 N–H and O–H groups in total. The minimum Gasteiger partial charge on any atom is -0.352 e. The van der Waals surface area contributed by atoms with Crippen molar-refractivity contribution in [3.8, 4) is 11.3 Å². The molecule has 37 heavy (non-hydrogen) atoms. The smallest absolute Gasteiger partial charge is 0.352 e. The van der Waals surface area contributed by atoms with E-state index >= 15 is 0 Å². The average Bonchev–Trinajstić information content (AvgIpc) is 2.87. The fraction of sp³-hybridized carbons (Fsp3) is 0.333. The van der Waals surface area contributed by atoms with E-state index in [0.717, 1.165) is 16.3 Å². The fourth-order valence-corrected chi connectivity index (χ4v) is 5.43. The molecule has 13 heteroatoms. The number of alkyl halides is 6. The van der Waals surface area contributed by atoms with Crippen molar-refractivity contribution in [1.82, 2.24) is 14.5 Å². The Balaban J connectivity index is 1.50. The van der Waals surface area contributed by atoms with Crippen LogP contribution in [0.15, 0.2) is 59.5 Å².